The first-order valence-electron chi connectivity index (χ1n) is 7.11. The lowest BCUT2D eigenvalue weighted by Crippen LogP contribution is -2.11. The number of ether oxygens (including phenoxy) is 1. The third-order valence-electron chi connectivity index (χ3n) is 3.62. The molecule has 1 aromatic carbocycles. The van der Waals surface area contributed by atoms with Gasteiger partial charge in [-0.05, 0) is 40.0 Å². The maximum absolute atomic E-state index is 5.21. The van der Waals surface area contributed by atoms with Gasteiger partial charge in [0, 0.05) is 12.4 Å². The summed E-state index contributed by atoms with van der Waals surface area (Å²) in [4.78, 5) is 4.46. The number of rotatable bonds is 5. The van der Waals surface area contributed by atoms with Gasteiger partial charge in [-0.25, -0.2) is 9.50 Å². The van der Waals surface area contributed by atoms with E-state index < -0.39 is 0 Å². The first-order chi connectivity index (χ1) is 10.7. The van der Waals surface area contributed by atoms with Crippen molar-refractivity contribution >= 4 is 27.3 Å². The molecule has 0 radical (unpaired) electrons. The van der Waals surface area contributed by atoms with Gasteiger partial charge in [0.25, 0.3) is 0 Å². The fourth-order valence-electron chi connectivity index (χ4n) is 2.44. The quantitative estimate of drug-likeness (QED) is 0.745. The third-order valence-corrected chi connectivity index (χ3v) is 4.20. The van der Waals surface area contributed by atoms with E-state index in [0.29, 0.717) is 0 Å². The molecule has 6 heteroatoms. The maximum atomic E-state index is 5.21. The van der Waals surface area contributed by atoms with Crippen LogP contribution >= 0.6 is 15.9 Å². The van der Waals surface area contributed by atoms with E-state index in [-0.39, 0.29) is 6.04 Å². The summed E-state index contributed by atoms with van der Waals surface area (Å²) < 4.78 is 7.94. The molecule has 1 atom stereocenters. The Hall–Kier alpha value is -2.08. The Morgan fingerprint density at radius 1 is 1.32 bits per heavy atom. The van der Waals surface area contributed by atoms with Crippen LogP contribution in [0.2, 0.25) is 0 Å². The zero-order valence-corrected chi connectivity index (χ0v) is 14.0. The normalized spacial score (nSPS) is 12.3. The average molecular weight is 361 g/mol. The van der Waals surface area contributed by atoms with E-state index in [9.17, 15) is 0 Å². The van der Waals surface area contributed by atoms with Crippen molar-refractivity contribution in [3.63, 3.8) is 0 Å². The van der Waals surface area contributed by atoms with Gasteiger partial charge in [0.15, 0.2) is 5.82 Å². The van der Waals surface area contributed by atoms with Crippen molar-refractivity contribution in [3.05, 3.63) is 52.9 Å². The average Bonchev–Trinajstić information content (AvgIpc) is 2.95. The van der Waals surface area contributed by atoms with Gasteiger partial charge in [0.05, 0.1) is 23.8 Å². The van der Waals surface area contributed by atoms with Crippen LogP contribution in [0.4, 0.5) is 5.82 Å². The topological polar surface area (TPSA) is 51.5 Å². The summed E-state index contributed by atoms with van der Waals surface area (Å²) in [7, 11) is 1.67. The highest BCUT2D eigenvalue weighted by atomic mass is 79.9. The summed E-state index contributed by atoms with van der Waals surface area (Å²) >= 11 is 3.52. The largest absolute Gasteiger partial charge is 0.497 e. The number of benzene rings is 1. The highest BCUT2D eigenvalue weighted by Gasteiger charge is 2.14. The molecule has 0 spiro atoms. The maximum Gasteiger partial charge on any atom is 0.153 e. The molecule has 22 heavy (non-hydrogen) atoms. The standard InChI is InChI=1S/C16H17BrN4O/c1-3-14(11-4-6-12(22-2)7-5-11)20-16-15-13(17)10-19-21(15)9-8-18-16/h4-10,14H,3H2,1-2H3,(H,18,20). The van der Waals surface area contributed by atoms with E-state index in [4.69, 9.17) is 4.74 Å². The molecule has 1 unspecified atom stereocenters. The molecule has 0 aliphatic carbocycles. The highest BCUT2D eigenvalue weighted by Crippen LogP contribution is 2.28. The van der Waals surface area contributed by atoms with Crippen LogP contribution in [0.15, 0.2) is 47.3 Å². The minimum atomic E-state index is 0.173. The zero-order chi connectivity index (χ0) is 15.5. The number of fused-ring (bicyclic) bond motifs is 1. The van der Waals surface area contributed by atoms with Gasteiger partial charge in [0.1, 0.15) is 11.3 Å². The van der Waals surface area contributed by atoms with Crippen LogP contribution < -0.4 is 10.1 Å². The number of anilines is 1. The number of nitrogens with zero attached hydrogens (tertiary/aromatic N) is 3. The number of methoxy groups -OCH3 is 1. The molecule has 0 aliphatic rings. The van der Waals surface area contributed by atoms with Gasteiger partial charge in [0.2, 0.25) is 0 Å². The molecule has 2 heterocycles. The molecule has 0 bridgehead atoms. The van der Waals surface area contributed by atoms with Crippen LogP contribution in [0, 0.1) is 0 Å². The van der Waals surface area contributed by atoms with E-state index in [1.165, 1.54) is 5.56 Å². The van der Waals surface area contributed by atoms with Crippen LogP contribution in [-0.2, 0) is 0 Å². The molecule has 0 saturated heterocycles. The minimum absolute atomic E-state index is 0.173. The van der Waals surface area contributed by atoms with Crippen molar-refractivity contribution in [2.75, 3.05) is 12.4 Å². The summed E-state index contributed by atoms with van der Waals surface area (Å²) in [6.45, 7) is 2.15. The number of hydrogen-bond acceptors (Lipinski definition) is 4. The Morgan fingerprint density at radius 3 is 2.77 bits per heavy atom. The molecule has 3 aromatic rings. The molecule has 0 saturated carbocycles. The molecule has 3 rings (SSSR count). The molecular formula is C16H17BrN4O. The van der Waals surface area contributed by atoms with Crippen molar-refractivity contribution in [2.24, 2.45) is 0 Å². The summed E-state index contributed by atoms with van der Waals surface area (Å²) in [6.07, 6.45) is 6.30. The lowest BCUT2D eigenvalue weighted by Gasteiger charge is -2.19. The molecule has 0 aliphatic heterocycles. The van der Waals surface area contributed by atoms with Gasteiger partial charge in [-0.3, -0.25) is 0 Å². The Kier molecular flexibility index (Phi) is 4.29. The van der Waals surface area contributed by atoms with E-state index in [1.807, 2.05) is 18.3 Å². The van der Waals surface area contributed by atoms with E-state index >= 15 is 0 Å². The molecule has 114 valence electrons. The Labute approximate surface area is 137 Å². The number of aromatic nitrogens is 3. The van der Waals surface area contributed by atoms with Gasteiger partial charge in [-0.1, -0.05) is 19.1 Å². The first kappa shape index (κ1) is 14.8. The second-order valence-electron chi connectivity index (χ2n) is 4.94. The fourth-order valence-corrected chi connectivity index (χ4v) is 2.90. The molecule has 0 amide bonds. The number of nitrogens with one attached hydrogen (secondary N) is 1. The monoisotopic (exact) mass is 360 g/mol. The smallest absolute Gasteiger partial charge is 0.153 e. The minimum Gasteiger partial charge on any atom is -0.497 e. The van der Waals surface area contributed by atoms with E-state index in [2.05, 4.69) is 50.4 Å². The van der Waals surface area contributed by atoms with Gasteiger partial charge in [-0.15, -0.1) is 0 Å². The van der Waals surface area contributed by atoms with Crippen LogP contribution in [0.3, 0.4) is 0 Å². The van der Waals surface area contributed by atoms with Gasteiger partial charge in [-0.2, -0.15) is 5.10 Å². The second kappa shape index (κ2) is 6.36. The van der Waals surface area contributed by atoms with Crippen molar-refractivity contribution in [1.29, 1.82) is 0 Å². The second-order valence-corrected chi connectivity index (χ2v) is 5.79. The highest BCUT2D eigenvalue weighted by molar-refractivity contribution is 9.10. The molecule has 5 nitrogen and oxygen atoms in total. The molecule has 0 fully saturated rings. The zero-order valence-electron chi connectivity index (χ0n) is 12.5. The van der Waals surface area contributed by atoms with Crippen molar-refractivity contribution in [2.45, 2.75) is 19.4 Å². The van der Waals surface area contributed by atoms with E-state index in [0.717, 1.165) is 28.0 Å². The third kappa shape index (κ3) is 2.78. The molecule has 2 aromatic heterocycles. The lowest BCUT2D eigenvalue weighted by molar-refractivity contribution is 0.414. The molecule has 1 N–H and O–H groups in total. The summed E-state index contributed by atoms with van der Waals surface area (Å²) in [5.41, 5.74) is 2.14. The van der Waals surface area contributed by atoms with Crippen LogP contribution in [-0.4, -0.2) is 21.7 Å². The number of halogens is 1. The lowest BCUT2D eigenvalue weighted by atomic mass is 10.0. The van der Waals surface area contributed by atoms with Gasteiger partial charge < -0.3 is 10.1 Å². The summed E-state index contributed by atoms with van der Waals surface area (Å²) in [5, 5.41) is 7.79. The van der Waals surface area contributed by atoms with Crippen molar-refractivity contribution < 1.29 is 4.74 Å². The molecular weight excluding hydrogens is 344 g/mol. The Morgan fingerprint density at radius 2 is 2.09 bits per heavy atom. The summed E-state index contributed by atoms with van der Waals surface area (Å²) in [6, 6.07) is 8.27. The van der Waals surface area contributed by atoms with Crippen LogP contribution in [0.5, 0.6) is 5.75 Å². The van der Waals surface area contributed by atoms with Gasteiger partial charge >= 0.3 is 0 Å². The fraction of sp³-hybridized carbons (Fsp3) is 0.250. The van der Waals surface area contributed by atoms with Crippen LogP contribution in [0.1, 0.15) is 24.9 Å². The number of hydrogen-bond donors (Lipinski definition) is 1. The van der Waals surface area contributed by atoms with Crippen molar-refractivity contribution in [3.8, 4) is 5.75 Å². The van der Waals surface area contributed by atoms with Crippen molar-refractivity contribution in [1.82, 2.24) is 14.6 Å². The predicted molar refractivity (Wildman–Crippen MR) is 90.3 cm³/mol. The SMILES string of the molecule is CCC(Nc1nccn2ncc(Br)c12)c1ccc(OC)cc1. The summed E-state index contributed by atoms with van der Waals surface area (Å²) in [5.74, 6) is 1.67. The predicted octanol–water partition coefficient (Wildman–Crippen LogP) is 4.06. The first-order valence-corrected chi connectivity index (χ1v) is 7.90. The Balaban J connectivity index is 1.92. The van der Waals surface area contributed by atoms with Crippen LogP contribution in [0.25, 0.3) is 5.52 Å². The van der Waals surface area contributed by atoms with E-state index in [1.54, 1.807) is 24.0 Å². The Bertz CT molecular complexity index is 769.